The second-order valence-electron chi connectivity index (χ2n) is 3.56. The van der Waals surface area contributed by atoms with Gasteiger partial charge in [-0.2, -0.15) is 0 Å². The Morgan fingerprint density at radius 2 is 1.21 bits per heavy atom. The molecule has 0 atom stereocenters. The molecule has 0 aliphatic heterocycles. The molecule has 19 heavy (non-hydrogen) atoms. The van der Waals surface area contributed by atoms with Crippen molar-refractivity contribution in [2.75, 3.05) is 0 Å². The zero-order valence-corrected chi connectivity index (χ0v) is 12.7. The maximum Gasteiger partial charge on any atom is 0.0687 e. The molecule has 102 valence electrons. The van der Waals surface area contributed by atoms with Gasteiger partial charge in [-0.25, -0.2) is 0 Å². The molecule has 0 fully saturated rings. The summed E-state index contributed by atoms with van der Waals surface area (Å²) in [5.74, 6) is 0. The van der Waals surface area contributed by atoms with Crippen LogP contribution in [-0.2, 0) is 0 Å². The van der Waals surface area contributed by atoms with E-state index >= 15 is 0 Å². The van der Waals surface area contributed by atoms with E-state index in [0.717, 1.165) is 16.7 Å². The molecular weight excluding hydrogens is 230 g/mol. The average Bonchev–Trinajstić information content (AvgIpc) is 2.52. The molecule has 0 amide bonds. The van der Waals surface area contributed by atoms with Crippen LogP contribution < -0.4 is 0 Å². The molecule has 0 heterocycles. The van der Waals surface area contributed by atoms with Crippen LogP contribution in [0.3, 0.4) is 0 Å². The number of hydrogen-bond acceptors (Lipinski definition) is 1. The summed E-state index contributed by atoms with van der Waals surface area (Å²) in [5.41, 5.74) is 3.70. The first-order valence-electron chi connectivity index (χ1n) is 6.99. The van der Waals surface area contributed by atoms with E-state index in [1.54, 1.807) is 0 Å². The second-order valence-corrected chi connectivity index (χ2v) is 3.56. The van der Waals surface area contributed by atoms with Crippen LogP contribution in [0.5, 0.6) is 0 Å². The van der Waals surface area contributed by atoms with E-state index in [1.807, 2.05) is 89.2 Å². The van der Waals surface area contributed by atoms with Crippen LogP contribution in [0.25, 0.3) is 0 Å². The summed E-state index contributed by atoms with van der Waals surface area (Å²) in [7, 11) is 0. The standard InChI is InChI=1S/C14H13N.2C2H6/c1-11-7-5-6-10-13(11)14(15)12-8-3-2-4-9-12;2*1-2/h2-10,15H,1H3;2*1-2H3. The lowest BCUT2D eigenvalue weighted by Gasteiger charge is -2.07. The molecule has 0 bridgehead atoms. The molecule has 2 aromatic rings. The van der Waals surface area contributed by atoms with Gasteiger partial charge in [-0.3, -0.25) is 5.41 Å². The number of rotatable bonds is 2. The van der Waals surface area contributed by atoms with Crippen LogP contribution in [0.15, 0.2) is 54.6 Å². The highest BCUT2D eigenvalue weighted by molar-refractivity contribution is 6.11. The van der Waals surface area contributed by atoms with Crippen molar-refractivity contribution in [3.8, 4) is 0 Å². The first kappa shape index (κ1) is 17.1. The Bertz CT molecular complexity index is 472. The van der Waals surface area contributed by atoms with E-state index in [9.17, 15) is 0 Å². The van der Waals surface area contributed by atoms with Gasteiger partial charge in [0.15, 0.2) is 0 Å². The Labute approximate surface area is 117 Å². The number of nitrogens with one attached hydrogen (secondary N) is 1. The fourth-order valence-electron chi connectivity index (χ4n) is 1.61. The minimum Gasteiger partial charge on any atom is -0.300 e. The largest absolute Gasteiger partial charge is 0.300 e. The second kappa shape index (κ2) is 10.1. The van der Waals surface area contributed by atoms with Crippen molar-refractivity contribution >= 4 is 5.71 Å². The smallest absolute Gasteiger partial charge is 0.0687 e. The average molecular weight is 255 g/mol. The zero-order chi connectivity index (χ0) is 14.7. The van der Waals surface area contributed by atoms with Gasteiger partial charge in [0, 0.05) is 11.1 Å². The van der Waals surface area contributed by atoms with Gasteiger partial charge >= 0.3 is 0 Å². The Balaban J connectivity index is 0.000000741. The zero-order valence-electron chi connectivity index (χ0n) is 12.7. The quantitative estimate of drug-likeness (QED) is 0.689. The van der Waals surface area contributed by atoms with Crippen molar-refractivity contribution in [1.29, 1.82) is 5.41 Å². The van der Waals surface area contributed by atoms with E-state index in [-0.39, 0.29) is 0 Å². The minimum absolute atomic E-state index is 0.591. The lowest BCUT2D eigenvalue weighted by molar-refractivity contribution is 1.39. The van der Waals surface area contributed by atoms with Crippen LogP contribution in [0, 0.1) is 12.3 Å². The molecule has 0 radical (unpaired) electrons. The molecule has 0 aliphatic carbocycles. The normalized spacial score (nSPS) is 8.47. The van der Waals surface area contributed by atoms with Crippen LogP contribution in [-0.4, -0.2) is 5.71 Å². The third kappa shape index (κ3) is 5.09. The van der Waals surface area contributed by atoms with Gasteiger partial charge in [-0.15, -0.1) is 0 Å². The summed E-state index contributed by atoms with van der Waals surface area (Å²) in [5, 5.41) is 8.11. The first-order chi connectivity index (χ1) is 9.29. The molecule has 0 aliphatic rings. The molecule has 0 spiro atoms. The Hall–Kier alpha value is -1.89. The summed E-state index contributed by atoms with van der Waals surface area (Å²) in [6.45, 7) is 10.0. The molecule has 2 aromatic carbocycles. The summed E-state index contributed by atoms with van der Waals surface area (Å²) < 4.78 is 0. The van der Waals surface area contributed by atoms with Crippen LogP contribution in [0.2, 0.25) is 0 Å². The SMILES string of the molecule is CC.CC.Cc1ccccc1C(=N)c1ccccc1. The van der Waals surface area contributed by atoms with Gasteiger partial charge < -0.3 is 0 Å². The molecule has 0 saturated carbocycles. The van der Waals surface area contributed by atoms with Crippen molar-refractivity contribution < 1.29 is 0 Å². The maximum atomic E-state index is 8.11. The summed E-state index contributed by atoms with van der Waals surface area (Å²) in [6, 6.07) is 17.8. The molecule has 1 heteroatoms. The minimum atomic E-state index is 0.591. The molecular formula is C18H25N. The topological polar surface area (TPSA) is 23.9 Å². The molecule has 0 unspecified atom stereocenters. The molecule has 0 saturated heterocycles. The van der Waals surface area contributed by atoms with Gasteiger partial charge in [0.05, 0.1) is 5.71 Å². The van der Waals surface area contributed by atoms with Crippen LogP contribution >= 0.6 is 0 Å². The highest BCUT2D eigenvalue weighted by atomic mass is 14.4. The van der Waals surface area contributed by atoms with Gasteiger partial charge in [-0.1, -0.05) is 82.3 Å². The lowest BCUT2D eigenvalue weighted by atomic mass is 9.99. The predicted molar refractivity (Wildman–Crippen MR) is 86.2 cm³/mol. The third-order valence-electron chi connectivity index (χ3n) is 2.48. The molecule has 1 N–H and O–H groups in total. The lowest BCUT2D eigenvalue weighted by Crippen LogP contribution is -2.02. The Morgan fingerprint density at radius 1 is 0.737 bits per heavy atom. The van der Waals surface area contributed by atoms with E-state index in [2.05, 4.69) is 0 Å². The highest BCUT2D eigenvalue weighted by Crippen LogP contribution is 2.13. The van der Waals surface area contributed by atoms with Crippen molar-refractivity contribution in [2.45, 2.75) is 34.6 Å². The Morgan fingerprint density at radius 3 is 1.74 bits per heavy atom. The third-order valence-corrected chi connectivity index (χ3v) is 2.48. The summed E-state index contributed by atoms with van der Waals surface area (Å²) in [4.78, 5) is 0. The van der Waals surface area contributed by atoms with Crippen molar-refractivity contribution in [3.05, 3.63) is 71.3 Å². The van der Waals surface area contributed by atoms with Gasteiger partial charge in [-0.05, 0) is 12.5 Å². The Kier molecular flexibility index (Phi) is 9.07. The molecule has 2 rings (SSSR count). The van der Waals surface area contributed by atoms with Gasteiger partial charge in [0.2, 0.25) is 0 Å². The van der Waals surface area contributed by atoms with E-state index in [0.29, 0.717) is 5.71 Å². The fraction of sp³-hybridized carbons (Fsp3) is 0.278. The number of hydrogen-bond donors (Lipinski definition) is 1. The number of aryl methyl sites for hydroxylation is 1. The first-order valence-corrected chi connectivity index (χ1v) is 6.99. The summed E-state index contributed by atoms with van der Waals surface area (Å²) in [6.07, 6.45) is 0. The highest BCUT2D eigenvalue weighted by Gasteiger charge is 2.05. The van der Waals surface area contributed by atoms with Crippen molar-refractivity contribution in [2.24, 2.45) is 0 Å². The van der Waals surface area contributed by atoms with Crippen LogP contribution in [0.4, 0.5) is 0 Å². The maximum absolute atomic E-state index is 8.11. The molecule has 0 aromatic heterocycles. The van der Waals surface area contributed by atoms with E-state index in [1.165, 1.54) is 0 Å². The fourth-order valence-corrected chi connectivity index (χ4v) is 1.61. The monoisotopic (exact) mass is 255 g/mol. The van der Waals surface area contributed by atoms with E-state index in [4.69, 9.17) is 5.41 Å². The van der Waals surface area contributed by atoms with Crippen LogP contribution in [0.1, 0.15) is 44.4 Å². The van der Waals surface area contributed by atoms with E-state index < -0.39 is 0 Å². The number of benzene rings is 2. The van der Waals surface area contributed by atoms with Gasteiger partial charge in [0.1, 0.15) is 0 Å². The summed E-state index contributed by atoms with van der Waals surface area (Å²) >= 11 is 0. The van der Waals surface area contributed by atoms with Crippen molar-refractivity contribution in [3.63, 3.8) is 0 Å². The predicted octanol–water partition coefficient (Wildman–Crippen LogP) is 5.46. The van der Waals surface area contributed by atoms with Gasteiger partial charge in [0.25, 0.3) is 0 Å². The van der Waals surface area contributed by atoms with Crippen molar-refractivity contribution in [1.82, 2.24) is 0 Å². The molecule has 1 nitrogen and oxygen atoms in total.